The number of aliphatic imine (C=N–C) groups is 1. The Bertz CT molecular complexity index is 128. The van der Waals surface area contributed by atoms with Crippen LogP contribution >= 0.6 is 0 Å². The summed E-state index contributed by atoms with van der Waals surface area (Å²) in [7, 11) is 1.93. The molecular formula is C10H18N2. The molecule has 0 heterocycles. The highest BCUT2D eigenvalue weighted by Gasteiger charge is 1.54. The highest BCUT2D eigenvalue weighted by molar-refractivity contribution is 5.70. The third-order valence-corrected chi connectivity index (χ3v) is 0.853. The van der Waals surface area contributed by atoms with Crippen LogP contribution in [0.4, 0.5) is 0 Å². The largest absolute Gasteiger partial charge is 0.320 e. The summed E-state index contributed by atoms with van der Waals surface area (Å²) in [6.45, 7) is 10.1. The zero-order valence-electron chi connectivity index (χ0n) is 7.96. The molecule has 68 valence electrons. The molecule has 2 nitrogen and oxygen atoms in total. The SMILES string of the molecule is C=CC=N/C=C\C=C.CCNC. The number of nitrogens with zero attached hydrogens (tertiary/aromatic N) is 1. The zero-order chi connectivity index (χ0) is 9.66. The maximum Gasteiger partial charge on any atom is 0.0267 e. The molecule has 1 N–H and O–H groups in total. The average molecular weight is 166 g/mol. The van der Waals surface area contributed by atoms with Crippen LogP contribution in [0.15, 0.2) is 42.6 Å². The van der Waals surface area contributed by atoms with Gasteiger partial charge in [-0.2, -0.15) is 0 Å². The minimum absolute atomic E-state index is 1.07. The van der Waals surface area contributed by atoms with Crippen molar-refractivity contribution >= 4 is 6.21 Å². The third kappa shape index (κ3) is 23.2. The molecule has 0 aliphatic rings. The van der Waals surface area contributed by atoms with Crippen LogP contribution in [0, 0.1) is 0 Å². The van der Waals surface area contributed by atoms with E-state index in [9.17, 15) is 0 Å². The van der Waals surface area contributed by atoms with Gasteiger partial charge in [0.1, 0.15) is 0 Å². The Hall–Kier alpha value is -1.15. The molecule has 0 aromatic carbocycles. The maximum absolute atomic E-state index is 3.78. The second kappa shape index (κ2) is 16.4. The Morgan fingerprint density at radius 2 is 1.92 bits per heavy atom. The van der Waals surface area contributed by atoms with Crippen molar-refractivity contribution in [2.75, 3.05) is 13.6 Å². The van der Waals surface area contributed by atoms with E-state index in [1.807, 2.05) is 7.05 Å². The quantitative estimate of drug-likeness (QED) is 0.502. The topological polar surface area (TPSA) is 24.4 Å². The number of nitrogens with one attached hydrogen (secondary N) is 1. The van der Waals surface area contributed by atoms with Crippen LogP contribution in [0.25, 0.3) is 0 Å². The summed E-state index contributed by atoms with van der Waals surface area (Å²) in [6.07, 6.45) is 8.29. The fourth-order valence-electron chi connectivity index (χ4n) is 0.221. The fourth-order valence-corrected chi connectivity index (χ4v) is 0.221. The van der Waals surface area contributed by atoms with Crippen molar-refractivity contribution in [1.82, 2.24) is 5.32 Å². The van der Waals surface area contributed by atoms with E-state index in [1.165, 1.54) is 0 Å². The predicted molar refractivity (Wildman–Crippen MR) is 57.6 cm³/mol. The van der Waals surface area contributed by atoms with Gasteiger partial charge in [0.25, 0.3) is 0 Å². The maximum atomic E-state index is 3.78. The average Bonchev–Trinajstić information content (AvgIpc) is 2.13. The molecule has 0 radical (unpaired) electrons. The van der Waals surface area contributed by atoms with Gasteiger partial charge in [-0.1, -0.05) is 32.2 Å². The summed E-state index contributed by atoms with van der Waals surface area (Å²) >= 11 is 0. The Kier molecular flexibility index (Phi) is 18.4. The molecule has 2 heteroatoms. The first kappa shape index (κ1) is 13.4. The molecule has 12 heavy (non-hydrogen) atoms. The molecule has 0 aliphatic heterocycles. The van der Waals surface area contributed by atoms with Gasteiger partial charge in [0.2, 0.25) is 0 Å². The van der Waals surface area contributed by atoms with E-state index >= 15 is 0 Å². The molecule has 0 unspecified atom stereocenters. The normalized spacial score (nSPS) is 9.50. The summed E-state index contributed by atoms with van der Waals surface area (Å²) < 4.78 is 0. The van der Waals surface area contributed by atoms with Crippen LogP contribution in [0.5, 0.6) is 0 Å². The first-order chi connectivity index (χ1) is 5.83. The van der Waals surface area contributed by atoms with Crippen LogP contribution in [0.2, 0.25) is 0 Å². The smallest absolute Gasteiger partial charge is 0.0267 e. The van der Waals surface area contributed by atoms with Gasteiger partial charge in [0.05, 0.1) is 0 Å². The molecule has 0 bridgehead atoms. The van der Waals surface area contributed by atoms with Crippen molar-refractivity contribution in [1.29, 1.82) is 0 Å². The minimum Gasteiger partial charge on any atom is -0.320 e. The first-order valence-corrected chi connectivity index (χ1v) is 3.89. The monoisotopic (exact) mass is 166 g/mol. The molecule has 0 atom stereocenters. The van der Waals surface area contributed by atoms with Gasteiger partial charge in [0, 0.05) is 12.4 Å². The van der Waals surface area contributed by atoms with E-state index < -0.39 is 0 Å². The van der Waals surface area contributed by atoms with E-state index in [0.29, 0.717) is 0 Å². The van der Waals surface area contributed by atoms with Gasteiger partial charge in [0.15, 0.2) is 0 Å². The lowest BCUT2D eigenvalue weighted by Crippen LogP contribution is -2.01. The fraction of sp³-hybridized carbons (Fsp3) is 0.300. The lowest BCUT2D eigenvalue weighted by atomic mass is 10.6. The van der Waals surface area contributed by atoms with Gasteiger partial charge in [-0.15, -0.1) is 0 Å². The van der Waals surface area contributed by atoms with Crippen LogP contribution in [0.1, 0.15) is 6.92 Å². The van der Waals surface area contributed by atoms with Gasteiger partial charge >= 0.3 is 0 Å². The van der Waals surface area contributed by atoms with Crippen molar-refractivity contribution in [3.8, 4) is 0 Å². The molecule has 0 saturated heterocycles. The number of rotatable bonds is 4. The van der Waals surface area contributed by atoms with Gasteiger partial charge in [-0.05, 0) is 19.7 Å². The second-order valence-corrected chi connectivity index (χ2v) is 1.82. The molecule has 0 aromatic heterocycles. The van der Waals surface area contributed by atoms with E-state index in [4.69, 9.17) is 0 Å². The van der Waals surface area contributed by atoms with Crippen LogP contribution in [0.3, 0.4) is 0 Å². The molecule has 0 aromatic rings. The summed E-state index contributed by atoms with van der Waals surface area (Å²) in [4.78, 5) is 3.78. The lowest BCUT2D eigenvalue weighted by molar-refractivity contribution is 0.864. The molecule has 0 aliphatic carbocycles. The molecule has 0 amide bonds. The summed E-state index contributed by atoms with van der Waals surface area (Å²) in [5, 5.41) is 2.93. The Labute approximate surface area is 75.4 Å². The third-order valence-electron chi connectivity index (χ3n) is 0.853. The highest BCUT2D eigenvalue weighted by atomic mass is 14.8. The summed E-state index contributed by atoms with van der Waals surface area (Å²) in [6, 6.07) is 0. The lowest BCUT2D eigenvalue weighted by Gasteiger charge is -1.76. The van der Waals surface area contributed by atoms with Crippen LogP contribution in [-0.4, -0.2) is 19.8 Å². The van der Waals surface area contributed by atoms with Crippen molar-refractivity contribution in [2.24, 2.45) is 4.99 Å². The summed E-state index contributed by atoms with van der Waals surface area (Å²) in [5.41, 5.74) is 0. The van der Waals surface area contributed by atoms with E-state index in [-0.39, 0.29) is 0 Å². The number of hydrogen-bond donors (Lipinski definition) is 1. The van der Waals surface area contributed by atoms with Gasteiger partial charge < -0.3 is 5.32 Å². The van der Waals surface area contributed by atoms with Crippen molar-refractivity contribution < 1.29 is 0 Å². The van der Waals surface area contributed by atoms with Gasteiger partial charge in [-0.3, -0.25) is 4.99 Å². The zero-order valence-corrected chi connectivity index (χ0v) is 7.96. The van der Waals surface area contributed by atoms with Crippen molar-refractivity contribution in [3.63, 3.8) is 0 Å². The van der Waals surface area contributed by atoms with E-state index in [2.05, 4.69) is 30.4 Å². The highest BCUT2D eigenvalue weighted by Crippen LogP contribution is 1.72. The van der Waals surface area contributed by atoms with Gasteiger partial charge in [-0.25, -0.2) is 0 Å². The first-order valence-electron chi connectivity index (χ1n) is 3.89. The predicted octanol–water partition coefficient (Wildman–Crippen LogP) is 2.17. The van der Waals surface area contributed by atoms with E-state index in [0.717, 1.165) is 6.54 Å². The standard InChI is InChI=1S/C7H9N.C3H9N/c1-3-5-7-8-6-4-2;1-3-4-2/h3-7H,1-2H2;4H,3H2,1-2H3/b7-5-,8-6?;. The molecule has 0 fully saturated rings. The van der Waals surface area contributed by atoms with Crippen molar-refractivity contribution in [2.45, 2.75) is 6.92 Å². The van der Waals surface area contributed by atoms with Crippen molar-refractivity contribution in [3.05, 3.63) is 37.6 Å². The Morgan fingerprint density at radius 3 is 2.25 bits per heavy atom. The Balaban J connectivity index is 0. The Morgan fingerprint density at radius 1 is 1.33 bits per heavy atom. The molecule has 0 spiro atoms. The minimum atomic E-state index is 1.07. The van der Waals surface area contributed by atoms with Crippen LogP contribution in [-0.2, 0) is 0 Å². The molecular weight excluding hydrogens is 148 g/mol. The summed E-state index contributed by atoms with van der Waals surface area (Å²) in [5.74, 6) is 0. The number of allylic oxidation sites excluding steroid dienone is 3. The number of hydrogen-bond acceptors (Lipinski definition) is 2. The second-order valence-electron chi connectivity index (χ2n) is 1.82. The molecule has 0 saturated carbocycles. The van der Waals surface area contributed by atoms with E-state index in [1.54, 1.807) is 30.6 Å². The van der Waals surface area contributed by atoms with Crippen LogP contribution < -0.4 is 5.32 Å². The molecule has 0 rings (SSSR count).